The number of hydrogen-bond acceptors (Lipinski definition) is 5. The highest BCUT2D eigenvalue weighted by Gasteiger charge is 2.16. The fourth-order valence-electron chi connectivity index (χ4n) is 1.91. The first kappa shape index (κ1) is 13.0. The highest BCUT2D eigenvalue weighted by Crippen LogP contribution is 2.17. The van der Waals surface area contributed by atoms with Crippen LogP contribution >= 0.6 is 0 Å². The SMILES string of the molecule is NNc1nccc(C(=O)Nc2nc3ccccc3[nH]2)c1F. The number of nitrogens with one attached hydrogen (secondary N) is 3. The number of aromatic nitrogens is 3. The van der Waals surface area contributed by atoms with Crippen molar-refractivity contribution in [3.8, 4) is 0 Å². The fourth-order valence-corrected chi connectivity index (χ4v) is 1.91. The summed E-state index contributed by atoms with van der Waals surface area (Å²) < 4.78 is 13.9. The smallest absolute Gasteiger partial charge is 0.261 e. The largest absolute Gasteiger partial charge is 0.324 e. The van der Waals surface area contributed by atoms with Crippen LogP contribution in [0.2, 0.25) is 0 Å². The molecule has 0 radical (unpaired) electrons. The second-order valence-corrected chi connectivity index (χ2v) is 4.22. The van der Waals surface area contributed by atoms with E-state index in [4.69, 9.17) is 5.84 Å². The number of hydrogen-bond donors (Lipinski definition) is 4. The van der Waals surface area contributed by atoms with Crippen LogP contribution in [-0.4, -0.2) is 20.9 Å². The number of aromatic amines is 1. The van der Waals surface area contributed by atoms with E-state index in [9.17, 15) is 9.18 Å². The van der Waals surface area contributed by atoms with E-state index in [2.05, 4.69) is 25.7 Å². The van der Waals surface area contributed by atoms with Crippen LogP contribution in [0.1, 0.15) is 10.4 Å². The molecule has 2 aromatic heterocycles. The summed E-state index contributed by atoms with van der Waals surface area (Å²) in [4.78, 5) is 22.8. The van der Waals surface area contributed by atoms with Crippen molar-refractivity contribution < 1.29 is 9.18 Å². The van der Waals surface area contributed by atoms with E-state index < -0.39 is 11.7 Å². The van der Waals surface area contributed by atoms with Gasteiger partial charge in [0.05, 0.1) is 16.6 Å². The van der Waals surface area contributed by atoms with Crippen LogP contribution in [0.25, 0.3) is 11.0 Å². The maximum absolute atomic E-state index is 13.9. The molecule has 0 bridgehead atoms. The van der Waals surface area contributed by atoms with Gasteiger partial charge in [0.2, 0.25) is 5.95 Å². The monoisotopic (exact) mass is 286 g/mol. The zero-order chi connectivity index (χ0) is 14.8. The second-order valence-electron chi connectivity index (χ2n) is 4.22. The number of benzene rings is 1. The van der Waals surface area contributed by atoms with Crippen LogP contribution in [-0.2, 0) is 0 Å². The third-order valence-corrected chi connectivity index (χ3v) is 2.89. The third-order valence-electron chi connectivity index (χ3n) is 2.89. The van der Waals surface area contributed by atoms with E-state index in [1.54, 1.807) is 6.07 Å². The molecule has 0 aliphatic rings. The molecule has 0 spiro atoms. The summed E-state index contributed by atoms with van der Waals surface area (Å²) in [5.74, 6) is 3.68. The van der Waals surface area contributed by atoms with Gasteiger partial charge in [-0.3, -0.25) is 10.1 Å². The highest BCUT2D eigenvalue weighted by atomic mass is 19.1. The molecule has 0 aliphatic carbocycles. The predicted molar refractivity (Wildman–Crippen MR) is 76.1 cm³/mol. The van der Waals surface area contributed by atoms with Crippen molar-refractivity contribution in [2.75, 3.05) is 10.7 Å². The maximum Gasteiger partial charge on any atom is 0.261 e. The minimum atomic E-state index is -0.825. The van der Waals surface area contributed by atoms with Crippen molar-refractivity contribution in [2.24, 2.45) is 5.84 Å². The van der Waals surface area contributed by atoms with Gasteiger partial charge in [-0.05, 0) is 18.2 Å². The number of amides is 1. The van der Waals surface area contributed by atoms with Crippen molar-refractivity contribution in [1.29, 1.82) is 0 Å². The molecule has 106 valence electrons. The topological polar surface area (TPSA) is 109 Å². The Hall–Kier alpha value is -3.00. The molecule has 0 unspecified atom stereocenters. The summed E-state index contributed by atoms with van der Waals surface area (Å²) in [7, 11) is 0. The van der Waals surface area contributed by atoms with Crippen LogP contribution in [0.4, 0.5) is 16.2 Å². The van der Waals surface area contributed by atoms with Gasteiger partial charge in [0.15, 0.2) is 11.6 Å². The molecule has 0 fully saturated rings. The van der Waals surface area contributed by atoms with Gasteiger partial charge in [0, 0.05) is 6.20 Å². The first-order chi connectivity index (χ1) is 10.2. The number of rotatable bonds is 3. The molecular weight excluding hydrogens is 275 g/mol. The van der Waals surface area contributed by atoms with Gasteiger partial charge in [-0.25, -0.2) is 20.2 Å². The third kappa shape index (κ3) is 2.39. The van der Waals surface area contributed by atoms with Crippen molar-refractivity contribution in [3.05, 3.63) is 47.9 Å². The lowest BCUT2D eigenvalue weighted by molar-refractivity contribution is 0.102. The predicted octanol–water partition coefficient (Wildman–Crippen LogP) is 1.63. The number of H-pyrrole nitrogens is 1. The molecule has 7 nitrogen and oxygen atoms in total. The van der Waals surface area contributed by atoms with Crippen molar-refractivity contribution >= 4 is 28.7 Å². The number of para-hydroxylation sites is 2. The first-order valence-electron chi connectivity index (χ1n) is 6.06. The lowest BCUT2D eigenvalue weighted by atomic mass is 10.2. The Kier molecular flexibility index (Phi) is 3.20. The van der Waals surface area contributed by atoms with E-state index in [1.165, 1.54) is 12.3 Å². The molecule has 1 amide bonds. The highest BCUT2D eigenvalue weighted by molar-refractivity contribution is 6.04. The molecule has 3 rings (SSSR count). The number of fused-ring (bicyclic) bond motifs is 1. The Morgan fingerprint density at radius 3 is 2.86 bits per heavy atom. The molecule has 2 heterocycles. The summed E-state index contributed by atoms with van der Waals surface area (Å²) in [6.45, 7) is 0. The average molecular weight is 286 g/mol. The molecule has 3 aromatic rings. The lowest BCUT2D eigenvalue weighted by Crippen LogP contribution is -2.18. The van der Waals surface area contributed by atoms with Gasteiger partial charge in [-0.1, -0.05) is 12.1 Å². The van der Waals surface area contributed by atoms with Gasteiger partial charge in [-0.15, -0.1) is 0 Å². The number of carbonyl (C=O) groups is 1. The summed E-state index contributed by atoms with van der Waals surface area (Å²) in [6.07, 6.45) is 1.28. The number of nitrogen functional groups attached to an aromatic ring is 1. The Bertz CT molecular complexity index is 782. The molecule has 5 N–H and O–H groups in total. The molecule has 0 saturated heterocycles. The van der Waals surface area contributed by atoms with E-state index in [0.29, 0.717) is 5.52 Å². The summed E-state index contributed by atoms with van der Waals surface area (Å²) >= 11 is 0. The number of imidazole rings is 1. The second kappa shape index (κ2) is 5.17. The van der Waals surface area contributed by atoms with E-state index in [-0.39, 0.29) is 17.3 Å². The Balaban J connectivity index is 1.89. The quantitative estimate of drug-likeness (QED) is 0.432. The fraction of sp³-hybridized carbons (Fsp3) is 0. The molecule has 0 saturated carbocycles. The minimum Gasteiger partial charge on any atom is -0.324 e. The van der Waals surface area contributed by atoms with Gasteiger partial charge in [0.25, 0.3) is 5.91 Å². The van der Waals surface area contributed by atoms with Crippen molar-refractivity contribution in [3.63, 3.8) is 0 Å². The van der Waals surface area contributed by atoms with E-state index >= 15 is 0 Å². The van der Waals surface area contributed by atoms with Crippen LogP contribution in [0, 0.1) is 5.82 Å². The normalized spacial score (nSPS) is 10.6. The number of nitrogens with zero attached hydrogens (tertiary/aromatic N) is 2. The van der Waals surface area contributed by atoms with Crippen molar-refractivity contribution in [2.45, 2.75) is 0 Å². The molecular formula is C13H11FN6O. The van der Waals surface area contributed by atoms with Crippen molar-refractivity contribution in [1.82, 2.24) is 15.0 Å². The van der Waals surface area contributed by atoms with Gasteiger partial charge >= 0.3 is 0 Å². The van der Waals surface area contributed by atoms with Gasteiger partial charge in [0.1, 0.15) is 0 Å². The number of nitrogens with two attached hydrogens (primary N) is 1. The number of halogens is 1. The van der Waals surface area contributed by atoms with E-state index in [1.807, 2.05) is 18.2 Å². The molecule has 21 heavy (non-hydrogen) atoms. The summed E-state index contributed by atoms with van der Waals surface area (Å²) in [5, 5.41) is 2.50. The number of pyridine rings is 1. The Labute approximate surface area is 118 Å². The summed E-state index contributed by atoms with van der Waals surface area (Å²) in [6, 6.07) is 8.55. The minimum absolute atomic E-state index is 0.182. The van der Waals surface area contributed by atoms with Crippen LogP contribution in [0.15, 0.2) is 36.5 Å². The molecule has 1 aromatic carbocycles. The molecule has 0 aliphatic heterocycles. The van der Waals surface area contributed by atoms with Crippen LogP contribution in [0.3, 0.4) is 0 Å². The number of anilines is 2. The van der Waals surface area contributed by atoms with E-state index in [0.717, 1.165) is 5.52 Å². The molecule has 0 atom stereocenters. The number of hydrazine groups is 1. The summed E-state index contributed by atoms with van der Waals surface area (Å²) in [5.41, 5.74) is 3.38. The zero-order valence-electron chi connectivity index (χ0n) is 10.7. The maximum atomic E-state index is 13.9. The zero-order valence-corrected chi connectivity index (χ0v) is 10.7. The van der Waals surface area contributed by atoms with Crippen LogP contribution < -0.4 is 16.6 Å². The first-order valence-corrected chi connectivity index (χ1v) is 6.06. The molecule has 8 heteroatoms. The Morgan fingerprint density at radius 2 is 2.10 bits per heavy atom. The standard InChI is InChI=1S/C13H11FN6O/c14-10-7(5-6-16-11(10)20-15)12(21)19-13-17-8-3-1-2-4-9(8)18-13/h1-6H,15H2,(H,16,20)(H2,17,18,19,21). The van der Waals surface area contributed by atoms with Crippen LogP contribution in [0.5, 0.6) is 0 Å². The average Bonchev–Trinajstić information content (AvgIpc) is 2.89. The van der Waals surface area contributed by atoms with Gasteiger partial charge in [-0.2, -0.15) is 0 Å². The number of carbonyl (C=O) groups excluding carboxylic acids is 1. The Morgan fingerprint density at radius 1 is 1.29 bits per heavy atom. The van der Waals surface area contributed by atoms with Gasteiger partial charge < -0.3 is 10.4 Å². The lowest BCUT2D eigenvalue weighted by Gasteiger charge is -2.06.